The van der Waals surface area contributed by atoms with E-state index in [0.29, 0.717) is 22.4 Å². The molecule has 4 aromatic rings. The minimum atomic E-state index is -0.355. The predicted octanol–water partition coefficient (Wildman–Crippen LogP) is 6.05. The lowest BCUT2D eigenvalue weighted by Crippen LogP contribution is -2.46. The van der Waals surface area contributed by atoms with E-state index in [1.54, 1.807) is 12.1 Å². The molecule has 5 nitrogen and oxygen atoms in total. The zero-order valence-electron chi connectivity index (χ0n) is 18.1. The van der Waals surface area contributed by atoms with Crippen molar-refractivity contribution in [1.29, 1.82) is 0 Å². The average molecular weight is 457 g/mol. The summed E-state index contributed by atoms with van der Waals surface area (Å²) in [6.07, 6.45) is 0. The number of hydrogen-bond donors (Lipinski definition) is 1. The molecule has 1 aliphatic heterocycles. The molecule has 0 amide bonds. The van der Waals surface area contributed by atoms with Crippen LogP contribution in [0.15, 0.2) is 89.1 Å². The molecule has 0 aliphatic carbocycles. The topological polar surface area (TPSA) is 54.2 Å². The number of nitrogens with one attached hydrogen (secondary N) is 1. The van der Waals surface area contributed by atoms with Gasteiger partial charge in [-0.15, -0.1) is 0 Å². The molecular formula is C26H21FN4OS. The van der Waals surface area contributed by atoms with Gasteiger partial charge in [0.1, 0.15) is 5.82 Å². The monoisotopic (exact) mass is 456 g/mol. The Morgan fingerprint density at radius 2 is 1.76 bits per heavy atom. The molecule has 1 aliphatic rings. The van der Waals surface area contributed by atoms with Crippen LogP contribution < -0.4 is 10.2 Å². The van der Waals surface area contributed by atoms with Gasteiger partial charge in [0.15, 0.2) is 5.11 Å². The molecular weight excluding hydrogens is 435 g/mol. The van der Waals surface area contributed by atoms with E-state index >= 15 is 0 Å². The molecule has 1 atom stereocenters. The van der Waals surface area contributed by atoms with Crippen molar-refractivity contribution in [3.8, 4) is 11.4 Å². The Labute approximate surface area is 196 Å². The van der Waals surface area contributed by atoms with Crippen LogP contribution in [0.4, 0.5) is 10.1 Å². The Morgan fingerprint density at radius 1 is 0.970 bits per heavy atom. The molecule has 7 heteroatoms. The molecule has 164 valence electrons. The summed E-state index contributed by atoms with van der Waals surface area (Å²) in [5, 5.41) is 8.16. The molecule has 0 spiro atoms. The summed E-state index contributed by atoms with van der Waals surface area (Å²) >= 11 is 5.78. The van der Waals surface area contributed by atoms with Gasteiger partial charge in [0.25, 0.3) is 5.89 Å². The Bertz CT molecular complexity index is 1370. The van der Waals surface area contributed by atoms with Gasteiger partial charge in [-0.25, -0.2) is 4.39 Å². The average Bonchev–Trinajstić information content (AvgIpc) is 3.29. The van der Waals surface area contributed by atoms with E-state index in [-0.39, 0.29) is 11.9 Å². The van der Waals surface area contributed by atoms with Crippen molar-refractivity contribution in [2.45, 2.75) is 19.9 Å². The highest BCUT2D eigenvalue weighted by Gasteiger charge is 2.34. The minimum Gasteiger partial charge on any atom is -0.351 e. The van der Waals surface area contributed by atoms with Crippen LogP contribution in [0.1, 0.15) is 30.0 Å². The lowest BCUT2D eigenvalue weighted by Gasteiger charge is -2.37. The second-order valence-corrected chi connectivity index (χ2v) is 8.29. The summed E-state index contributed by atoms with van der Waals surface area (Å²) in [6, 6.07) is 24.0. The van der Waals surface area contributed by atoms with Gasteiger partial charge in [0.2, 0.25) is 5.82 Å². The van der Waals surface area contributed by atoms with Crippen molar-refractivity contribution in [3.63, 3.8) is 0 Å². The standard InChI is InChI=1S/C26H21FN4OS/c1-16-8-6-13-21(14-16)31-17(2)22(23(28-26(31)33)18-9-4-3-5-10-18)25-29-24(30-32-25)19-11-7-12-20(27)15-19/h3-15,23H,1-2H3,(H,28,33). The first kappa shape index (κ1) is 21.0. The maximum Gasteiger partial charge on any atom is 0.258 e. The number of thiocarbonyl (C=S) groups is 1. The third-order valence-corrected chi connectivity index (χ3v) is 5.92. The lowest BCUT2D eigenvalue weighted by atomic mass is 9.94. The van der Waals surface area contributed by atoms with E-state index in [2.05, 4.69) is 21.5 Å². The van der Waals surface area contributed by atoms with E-state index in [4.69, 9.17) is 16.7 Å². The Hall–Kier alpha value is -3.84. The first-order valence-electron chi connectivity index (χ1n) is 10.5. The van der Waals surface area contributed by atoms with Gasteiger partial charge < -0.3 is 9.84 Å². The van der Waals surface area contributed by atoms with Gasteiger partial charge in [-0.1, -0.05) is 59.8 Å². The van der Waals surface area contributed by atoms with Crippen LogP contribution in [-0.4, -0.2) is 15.3 Å². The van der Waals surface area contributed by atoms with Gasteiger partial charge in [-0.05, 0) is 61.5 Å². The molecule has 0 radical (unpaired) electrons. The number of aryl methyl sites for hydroxylation is 1. The van der Waals surface area contributed by atoms with Gasteiger partial charge in [0.05, 0.1) is 11.6 Å². The lowest BCUT2D eigenvalue weighted by molar-refractivity contribution is 0.404. The molecule has 0 saturated heterocycles. The van der Waals surface area contributed by atoms with E-state index in [1.165, 1.54) is 12.1 Å². The number of benzene rings is 3. The number of allylic oxidation sites excluding steroid dienone is 1. The number of hydrogen-bond acceptors (Lipinski definition) is 4. The normalized spacial score (nSPS) is 16.2. The minimum absolute atomic E-state index is 0.277. The van der Waals surface area contributed by atoms with Gasteiger partial charge >= 0.3 is 0 Å². The summed E-state index contributed by atoms with van der Waals surface area (Å²) in [4.78, 5) is 6.61. The predicted molar refractivity (Wildman–Crippen MR) is 131 cm³/mol. The number of halogens is 1. The fourth-order valence-electron chi connectivity index (χ4n) is 4.07. The van der Waals surface area contributed by atoms with Crippen molar-refractivity contribution >= 4 is 28.6 Å². The van der Waals surface area contributed by atoms with Gasteiger partial charge in [0, 0.05) is 16.9 Å². The van der Waals surface area contributed by atoms with Crippen molar-refractivity contribution < 1.29 is 8.91 Å². The van der Waals surface area contributed by atoms with Crippen molar-refractivity contribution in [3.05, 3.63) is 107 Å². The number of aromatic nitrogens is 2. The van der Waals surface area contributed by atoms with Crippen LogP contribution in [0.25, 0.3) is 17.0 Å². The largest absolute Gasteiger partial charge is 0.351 e. The fourth-order valence-corrected chi connectivity index (χ4v) is 4.43. The fraction of sp³-hybridized carbons (Fsp3) is 0.115. The molecule has 0 bridgehead atoms. The third-order valence-electron chi connectivity index (χ3n) is 5.62. The molecule has 1 N–H and O–H groups in total. The highest BCUT2D eigenvalue weighted by molar-refractivity contribution is 7.80. The molecule has 0 fully saturated rings. The summed E-state index contributed by atoms with van der Waals surface area (Å²) < 4.78 is 19.5. The Balaban J connectivity index is 1.66. The molecule has 2 heterocycles. The zero-order valence-corrected chi connectivity index (χ0v) is 18.9. The third kappa shape index (κ3) is 4.03. The zero-order chi connectivity index (χ0) is 22.9. The SMILES string of the molecule is CC1=C(c2nc(-c3cccc(F)c3)no2)C(c2ccccc2)NC(=S)N1c1cccc(C)c1. The smallest absolute Gasteiger partial charge is 0.258 e. The van der Waals surface area contributed by atoms with Crippen molar-refractivity contribution in [1.82, 2.24) is 15.5 Å². The number of rotatable bonds is 4. The second-order valence-electron chi connectivity index (χ2n) is 7.90. The number of nitrogens with zero attached hydrogens (tertiary/aromatic N) is 3. The molecule has 1 aromatic heterocycles. The van der Waals surface area contributed by atoms with Crippen LogP contribution in [0.2, 0.25) is 0 Å². The van der Waals surface area contributed by atoms with Crippen LogP contribution in [0.3, 0.4) is 0 Å². The van der Waals surface area contributed by atoms with Crippen LogP contribution >= 0.6 is 12.2 Å². The van der Waals surface area contributed by atoms with Crippen LogP contribution in [0, 0.1) is 12.7 Å². The number of anilines is 1. The van der Waals surface area contributed by atoms with E-state index < -0.39 is 0 Å². The molecule has 0 saturated carbocycles. The first-order chi connectivity index (χ1) is 16.0. The second kappa shape index (κ2) is 8.60. The highest BCUT2D eigenvalue weighted by atomic mass is 32.1. The highest BCUT2D eigenvalue weighted by Crippen LogP contribution is 2.39. The Morgan fingerprint density at radius 3 is 2.52 bits per heavy atom. The van der Waals surface area contributed by atoms with E-state index in [0.717, 1.165) is 28.1 Å². The quantitative estimate of drug-likeness (QED) is 0.377. The van der Waals surface area contributed by atoms with Crippen molar-refractivity contribution in [2.75, 3.05) is 4.90 Å². The summed E-state index contributed by atoms with van der Waals surface area (Å²) in [6.45, 7) is 4.03. The van der Waals surface area contributed by atoms with Gasteiger partial charge in [-0.2, -0.15) is 4.98 Å². The van der Waals surface area contributed by atoms with Gasteiger partial charge in [-0.3, -0.25) is 4.90 Å². The summed E-state index contributed by atoms with van der Waals surface area (Å²) in [5.74, 6) is 0.326. The molecule has 1 unspecified atom stereocenters. The van der Waals surface area contributed by atoms with Crippen molar-refractivity contribution in [2.24, 2.45) is 0 Å². The summed E-state index contributed by atoms with van der Waals surface area (Å²) in [5.41, 5.74) is 5.33. The van der Waals surface area contributed by atoms with Crippen LogP contribution in [-0.2, 0) is 0 Å². The van der Waals surface area contributed by atoms with E-state index in [1.807, 2.05) is 67.3 Å². The molecule has 3 aromatic carbocycles. The van der Waals surface area contributed by atoms with Crippen LogP contribution in [0.5, 0.6) is 0 Å². The molecule has 5 rings (SSSR count). The van der Waals surface area contributed by atoms with E-state index in [9.17, 15) is 4.39 Å². The maximum absolute atomic E-state index is 13.7. The Kier molecular flexibility index (Phi) is 5.48. The molecule has 33 heavy (non-hydrogen) atoms. The summed E-state index contributed by atoms with van der Waals surface area (Å²) in [7, 11) is 0. The maximum atomic E-state index is 13.7. The first-order valence-corrected chi connectivity index (χ1v) is 10.9.